The molecular formula is C22H17F3N4O. The number of amides is 1. The first-order chi connectivity index (χ1) is 14.3. The fourth-order valence-electron chi connectivity index (χ4n) is 3.12. The number of rotatable bonds is 4. The average molecular weight is 410 g/mol. The van der Waals surface area contributed by atoms with E-state index < -0.39 is 17.6 Å². The third kappa shape index (κ3) is 4.17. The number of hydrogen-bond donors (Lipinski definition) is 1. The van der Waals surface area contributed by atoms with Crippen molar-refractivity contribution in [1.29, 1.82) is 0 Å². The highest BCUT2D eigenvalue weighted by Crippen LogP contribution is 2.30. The number of imidazole rings is 1. The van der Waals surface area contributed by atoms with Crippen molar-refractivity contribution in [3.63, 3.8) is 0 Å². The number of nitrogens with one attached hydrogen (secondary N) is 1. The van der Waals surface area contributed by atoms with Gasteiger partial charge in [-0.05, 0) is 36.2 Å². The number of carbonyl (C=O) groups is 1. The number of halogens is 3. The van der Waals surface area contributed by atoms with Crippen LogP contribution in [0.4, 0.5) is 18.9 Å². The van der Waals surface area contributed by atoms with Gasteiger partial charge in [0, 0.05) is 29.8 Å². The Morgan fingerprint density at radius 2 is 1.97 bits per heavy atom. The Balaban J connectivity index is 1.54. The zero-order valence-electron chi connectivity index (χ0n) is 15.9. The van der Waals surface area contributed by atoms with E-state index in [2.05, 4.69) is 15.3 Å². The first-order valence-corrected chi connectivity index (χ1v) is 9.16. The monoisotopic (exact) mass is 410 g/mol. The minimum atomic E-state index is -4.44. The number of carbonyl (C=O) groups excluding carboxylic acids is 1. The molecule has 0 spiro atoms. The van der Waals surface area contributed by atoms with Gasteiger partial charge in [0.25, 0.3) is 0 Å². The molecule has 1 N–H and O–H groups in total. The molecule has 0 unspecified atom stereocenters. The number of aryl methyl sites for hydroxylation is 1. The van der Waals surface area contributed by atoms with Gasteiger partial charge >= 0.3 is 6.18 Å². The fraction of sp³-hybridized carbons (Fsp3) is 0.136. The van der Waals surface area contributed by atoms with Crippen molar-refractivity contribution >= 4 is 17.4 Å². The molecule has 0 fully saturated rings. The molecule has 0 radical (unpaired) electrons. The summed E-state index contributed by atoms with van der Waals surface area (Å²) in [5.41, 5.74) is 2.42. The van der Waals surface area contributed by atoms with E-state index in [-0.39, 0.29) is 6.42 Å². The zero-order valence-corrected chi connectivity index (χ0v) is 15.9. The second kappa shape index (κ2) is 7.62. The second-order valence-electron chi connectivity index (χ2n) is 6.91. The summed E-state index contributed by atoms with van der Waals surface area (Å²) < 4.78 is 40.4. The van der Waals surface area contributed by atoms with Crippen molar-refractivity contribution in [3.05, 3.63) is 83.8 Å². The van der Waals surface area contributed by atoms with Crippen molar-refractivity contribution in [1.82, 2.24) is 14.4 Å². The Morgan fingerprint density at radius 1 is 1.13 bits per heavy atom. The van der Waals surface area contributed by atoms with Crippen LogP contribution in [0.25, 0.3) is 17.0 Å². The second-order valence-corrected chi connectivity index (χ2v) is 6.91. The summed E-state index contributed by atoms with van der Waals surface area (Å²) in [5.74, 6) is 0.162. The molecule has 4 rings (SSSR count). The van der Waals surface area contributed by atoms with Gasteiger partial charge in [0.2, 0.25) is 11.7 Å². The van der Waals surface area contributed by atoms with Gasteiger partial charge in [-0.25, -0.2) is 9.97 Å². The Hall–Kier alpha value is -3.68. The summed E-state index contributed by atoms with van der Waals surface area (Å²) in [6.07, 6.45) is 0.721. The first kappa shape index (κ1) is 19.6. The van der Waals surface area contributed by atoms with Crippen molar-refractivity contribution in [2.45, 2.75) is 19.5 Å². The van der Waals surface area contributed by atoms with E-state index in [4.69, 9.17) is 0 Å². The van der Waals surface area contributed by atoms with E-state index in [1.165, 1.54) is 12.1 Å². The Morgan fingerprint density at radius 3 is 2.73 bits per heavy atom. The Labute approximate surface area is 170 Å². The van der Waals surface area contributed by atoms with Crippen LogP contribution in [0, 0.1) is 6.92 Å². The largest absolute Gasteiger partial charge is 0.416 e. The quantitative estimate of drug-likeness (QED) is 0.520. The van der Waals surface area contributed by atoms with Gasteiger partial charge in [-0.3, -0.25) is 9.20 Å². The number of fused-ring (bicyclic) bond motifs is 1. The average Bonchev–Trinajstić information content (AvgIpc) is 3.13. The van der Waals surface area contributed by atoms with Crippen molar-refractivity contribution in [3.8, 4) is 11.3 Å². The number of hydrogen-bond acceptors (Lipinski definition) is 3. The summed E-state index contributed by atoms with van der Waals surface area (Å²) in [7, 11) is 0. The summed E-state index contributed by atoms with van der Waals surface area (Å²) in [5, 5.41) is 2.79. The number of alkyl halides is 3. The predicted molar refractivity (Wildman–Crippen MR) is 107 cm³/mol. The lowest BCUT2D eigenvalue weighted by Crippen LogP contribution is -2.16. The van der Waals surface area contributed by atoms with Gasteiger partial charge in [-0.15, -0.1) is 0 Å². The highest BCUT2D eigenvalue weighted by molar-refractivity contribution is 5.93. The molecular weight excluding hydrogens is 393 g/mol. The lowest BCUT2D eigenvalue weighted by molar-refractivity contribution is -0.137. The van der Waals surface area contributed by atoms with Crippen LogP contribution in [-0.4, -0.2) is 20.3 Å². The van der Waals surface area contributed by atoms with Crippen LogP contribution < -0.4 is 5.32 Å². The predicted octanol–water partition coefficient (Wildman–Crippen LogP) is 4.90. The molecule has 0 aliphatic rings. The topological polar surface area (TPSA) is 59.3 Å². The fourth-order valence-corrected chi connectivity index (χ4v) is 3.12. The molecule has 2 aromatic heterocycles. The van der Waals surface area contributed by atoms with Crippen LogP contribution in [0.2, 0.25) is 0 Å². The third-order valence-electron chi connectivity index (χ3n) is 4.66. The lowest BCUT2D eigenvalue weighted by Gasteiger charge is -2.11. The summed E-state index contributed by atoms with van der Waals surface area (Å²) >= 11 is 0. The standard InChI is InChI=1S/C22H17F3N4O/c1-14-6-7-16(19-13-29-9-3-8-26-21(29)28-19)12-18(14)27-20(30)11-15-4-2-5-17(10-15)22(23,24)25/h2-10,12-13H,11H2,1H3,(H,27,30). The van der Waals surface area contributed by atoms with E-state index in [9.17, 15) is 18.0 Å². The van der Waals surface area contributed by atoms with Crippen LogP contribution in [0.1, 0.15) is 16.7 Å². The van der Waals surface area contributed by atoms with Crippen LogP contribution in [0.5, 0.6) is 0 Å². The van der Waals surface area contributed by atoms with E-state index in [1.54, 1.807) is 22.7 Å². The van der Waals surface area contributed by atoms with Gasteiger partial charge in [0.1, 0.15) is 0 Å². The molecule has 1 amide bonds. The number of anilines is 1. The van der Waals surface area contributed by atoms with Gasteiger partial charge in [0.05, 0.1) is 17.7 Å². The molecule has 0 aliphatic heterocycles. The minimum absolute atomic E-state index is 0.161. The SMILES string of the molecule is Cc1ccc(-c2cn3cccnc3n2)cc1NC(=O)Cc1cccc(C(F)(F)F)c1. The molecule has 0 bridgehead atoms. The van der Waals surface area contributed by atoms with Crippen LogP contribution in [0.3, 0.4) is 0 Å². The Kier molecular flexibility index (Phi) is 4.99. The maximum atomic E-state index is 12.9. The molecule has 0 aliphatic carbocycles. The van der Waals surface area contributed by atoms with Crippen molar-refractivity contribution in [2.75, 3.05) is 5.32 Å². The first-order valence-electron chi connectivity index (χ1n) is 9.16. The normalized spacial score (nSPS) is 11.6. The molecule has 2 heterocycles. The van der Waals surface area contributed by atoms with E-state index >= 15 is 0 Å². The zero-order chi connectivity index (χ0) is 21.3. The summed E-state index contributed by atoms with van der Waals surface area (Å²) in [4.78, 5) is 21.1. The molecule has 30 heavy (non-hydrogen) atoms. The molecule has 0 atom stereocenters. The number of benzene rings is 2. The van der Waals surface area contributed by atoms with Crippen LogP contribution >= 0.6 is 0 Å². The molecule has 8 heteroatoms. The summed E-state index contributed by atoms with van der Waals surface area (Å²) in [6, 6.07) is 12.1. The highest BCUT2D eigenvalue weighted by Gasteiger charge is 2.30. The highest BCUT2D eigenvalue weighted by atomic mass is 19.4. The number of nitrogens with zero attached hydrogens (tertiary/aromatic N) is 3. The van der Waals surface area contributed by atoms with Gasteiger partial charge in [-0.2, -0.15) is 13.2 Å². The molecule has 5 nitrogen and oxygen atoms in total. The molecule has 152 valence electrons. The molecule has 4 aromatic rings. The van der Waals surface area contributed by atoms with E-state index in [0.717, 1.165) is 23.3 Å². The minimum Gasteiger partial charge on any atom is -0.326 e. The molecule has 0 saturated carbocycles. The molecule has 2 aromatic carbocycles. The summed E-state index contributed by atoms with van der Waals surface area (Å²) in [6.45, 7) is 1.84. The lowest BCUT2D eigenvalue weighted by atomic mass is 10.1. The van der Waals surface area contributed by atoms with Gasteiger partial charge in [-0.1, -0.05) is 30.3 Å². The van der Waals surface area contributed by atoms with Crippen molar-refractivity contribution in [2.24, 2.45) is 0 Å². The smallest absolute Gasteiger partial charge is 0.326 e. The Bertz CT molecular complexity index is 1200. The van der Waals surface area contributed by atoms with Gasteiger partial charge in [0.15, 0.2) is 0 Å². The van der Waals surface area contributed by atoms with Crippen LogP contribution in [0.15, 0.2) is 67.1 Å². The molecule has 0 saturated heterocycles. The maximum absolute atomic E-state index is 12.9. The van der Waals surface area contributed by atoms with E-state index in [1.807, 2.05) is 31.5 Å². The van der Waals surface area contributed by atoms with Crippen LogP contribution in [-0.2, 0) is 17.4 Å². The van der Waals surface area contributed by atoms with Crippen molar-refractivity contribution < 1.29 is 18.0 Å². The van der Waals surface area contributed by atoms with E-state index in [0.29, 0.717) is 22.7 Å². The number of aromatic nitrogens is 3. The maximum Gasteiger partial charge on any atom is 0.416 e. The van der Waals surface area contributed by atoms with Gasteiger partial charge < -0.3 is 5.32 Å². The third-order valence-corrected chi connectivity index (χ3v) is 4.66.